The van der Waals surface area contributed by atoms with E-state index in [0.717, 1.165) is 116 Å². The topological polar surface area (TPSA) is 108 Å². The van der Waals surface area contributed by atoms with E-state index in [0.29, 0.717) is 17.4 Å². The number of quaternary nitrogens is 1. The van der Waals surface area contributed by atoms with Crippen LogP contribution in [0, 0.1) is 0 Å². The number of nitrogens with zero attached hydrogens (tertiary/aromatic N) is 1. The van der Waals surface area contributed by atoms with E-state index in [1.807, 2.05) is 21.1 Å². The second-order valence-corrected chi connectivity index (χ2v) is 26.7. The summed E-state index contributed by atoms with van der Waals surface area (Å²) in [5, 5.41) is 0. The number of phosphoric ester groups is 1. The van der Waals surface area contributed by atoms with Crippen LogP contribution in [0.4, 0.5) is 0 Å². The predicted molar refractivity (Wildman–Crippen MR) is 390 cm³/mol. The van der Waals surface area contributed by atoms with Gasteiger partial charge in [0.1, 0.15) is 19.8 Å². The van der Waals surface area contributed by atoms with E-state index in [9.17, 15) is 19.0 Å². The van der Waals surface area contributed by atoms with E-state index in [2.05, 4.69) is 160 Å². The van der Waals surface area contributed by atoms with Gasteiger partial charge in [-0.25, -0.2) is 4.57 Å². The van der Waals surface area contributed by atoms with Crippen molar-refractivity contribution in [2.45, 2.75) is 302 Å². The van der Waals surface area contributed by atoms with Crippen LogP contribution < -0.4 is 0 Å². The average molecular weight is 1270 g/mol. The summed E-state index contributed by atoms with van der Waals surface area (Å²) in [6.07, 6.45) is 102. The molecule has 1 N–H and O–H groups in total. The number of rotatable bonds is 66. The summed E-state index contributed by atoms with van der Waals surface area (Å²) in [7, 11) is 1.47. The van der Waals surface area contributed by atoms with Crippen LogP contribution in [0.1, 0.15) is 296 Å². The minimum atomic E-state index is -4.40. The van der Waals surface area contributed by atoms with E-state index in [1.54, 1.807) is 0 Å². The van der Waals surface area contributed by atoms with Gasteiger partial charge in [0.2, 0.25) is 0 Å². The first-order chi connectivity index (χ1) is 44.0. The number of allylic oxidation sites excluding steroid dienone is 24. The van der Waals surface area contributed by atoms with Crippen molar-refractivity contribution in [2.24, 2.45) is 0 Å². The number of hydrogen-bond acceptors (Lipinski definition) is 7. The predicted octanol–water partition coefficient (Wildman–Crippen LogP) is 24.2. The third kappa shape index (κ3) is 72.9. The zero-order chi connectivity index (χ0) is 65.5. The highest BCUT2D eigenvalue weighted by atomic mass is 31.2. The number of carbonyl (C=O) groups excluding carboxylic acids is 2. The molecule has 2 unspecified atom stereocenters. The summed E-state index contributed by atoms with van der Waals surface area (Å²) in [5.41, 5.74) is 0. The van der Waals surface area contributed by atoms with Crippen molar-refractivity contribution in [3.05, 3.63) is 146 Å². The fraction of sp³-hybridized carbons (Fsp3) is 0.675. The van der Waals surface area contributed by atoms with Gasteiger partial charge in [-0.3, -0.25) is 18.6 Å². The van der Waals surface area contributed by atoms with Crippen LogP contribution >= 0.6 is 7.82 Å². The number of unbranched alkanes of at least 4 members (excludes halogenated alkanes) is 28. The zero-order valence-electron chi connectivity index (χ0n) is 58.6. The molecule has 90 heavy (non-hydrogen) atoms. The Morgan fingerprint density at radius 3 is 0.889 bits per heavy atom. The highest BCUT2D eigenvalue weighted by molar-refractivity contribution is 7.47. The van der Waals surface area contributed by atoms with Crippen molar-refractivity contribution in [1.82, 2.24) is 0 Å². The van der Waals surface area contributed by atoms with Crippen LogP contribution in [0.15, 0.2) is 146 Å². The van der Waals surface area contributed by atoms with Gasteiger partial charge in [0.25, 0.3) is 0 Å². The van der Waals surface area contributed by atoms with Crippen molar-refractivity contribution in [3.8, 4) is 0 Å². The van der Waals surface area contributed by atoms with Crippen LogP contribution in [0.2, 0.25) is 0 Å². The monoisotopic (exact) mass is 1270 g/mol. The third-order valence-electron chi connectivity index (χ3n) is 15.4. The molecule has 10 heteroatoms. The van der Waals surface area contributed by atoms with Gasteiger partial charge in [0.15, 0.2) is 6.10 Å². The van der Waals surface area contributed by atoms with E-state index in [-0.39, 0.29) is 32.0 Å². The Balaban J connectivity index is 4.02. The van der Waals surface area contributed by atoms with Gasteiger partial charge >= 0.3 is 19.8 Å². The van der Waals surface area contributed by atoms with Crippen LogP contribution in [0.3, 0.4) is 0 Å². The summed E-state index contributed by atoms with van der Waals surface area (Å²) in [4.78, 5) is 35.9. The molecule has 0 aromatic heterocycles. The molecule has 0 aliphatic rings. The van der Waals surface area contributed by atoms with Gasteiger partial charge in [-0.15, -0.1) is 0 Å². The summed E-state index contributed by atoms with van der Waals surface area (Å²) >= 11 is 0. The molecular formula is C80H137NO8P+. The molecule has 9 nitrogen and oxygen atoms in total. The molecular weight excluding hydrogens is 1130 g/mol. The Kier molecular flexibility index (Phi) is 66.1. The normalized spacial score (nSPS) is 14.0. The van der Waals surface area contributed by atoms with E-state index in [1.165, 1.54) is 148 Å². The molecule has 2 atom stereocenters. The maximum atomic E-state index is 12.9. The number of hydrogen-bond donors (Lipinski definition) is 1. The van der Waals surface area contributed by atoms with Crippen LogP contribution in [0.5, 0.6) is 0 Å². The second kappa shape index (κ2) is 69.2. The van der Waals surface area contributed by atoms with Crippen LogP contribution in [0.25, 0.3) is 0 Å². The fourth-order valence-corrected chi connectivity index (χ4v) is 10.6. The van der Waals surface area contributed by atoms with Crippen molar-refractivity contribution in [1.29, 1.82) is 0 Å². The molecule has 0 amide bonds. The maximum Gasteiger partial charge on any atom is 0.472 e. The molecule has 0 rings (SSSR count). The quantitative estimate of drug-likeness (QED) is 0.0211. The first-order valence-corrected chi connectivity index (χ1v) is 38.1. The Morgan fingerprint density at radius 1 is 0.344 bits per heavy atom. The Morgan fingerprint density at radius 2 is 0.600 bits per heavy atom. The zero-order valence-corrected chi connectivity index (χ0v) is 59.5. The summed E-state index contributed by atoms with van der Waals surface area (Å²) in [6.45, 7) is 4.22. The van der Waals surface area contributed by atoms with Gasteiger partial charge < -0.3 is 18.9 Å². The molecule has 0 fully saturated rings. The van der Waals surface area contributed by atoms with Crippen LogP contribution in [-0.4, -0.2) is 74.9 Å². The summed E-state index contributed by atoms with van der Waals surface area (Å²) in [6, 6.07) is 0. The molecule has 0 saturated carbocycles. The van der Waals surface area contributed by atoms with Gasteiger partial charge in [0, 0.05) is 12.8 Å². The lowest BCUT2D eigenvalue weighted by Crippen LogP contribution is -2.37. The molecule has 514 valence electrons. The molecule has 0 bridgehead atoms. The summed E-state index contributed by atoms with van der Waals surface area (Å²) < 4.78 is 34.7. The Hall–Kier alpha value is -4.11. The van der Waals surface area contributed by atoms with E-state index >= 15 is 0 Å². The van der Waals surface area contributed by atoms with Crippen molar-refractivity contribution in [2.75, 3.05) is 47.5 Å². The molecule has 0 heterocycles. The maximum absolute atomic E-state index is 12.9. The second-order valence-electron chi connectivity index (χ2n) is 25.2. The van der Waals surface area contributed by atoms with Crippen molar-refractivity contribution in [3.63, 3.8) is 0 Å². The molecule has 0 aromatic rings. The third-order valence-corrected chi connectivity index (χ3v) is 16.3. The number of phosphoric acid groups is 1. The lowest BCUT2D eigenvalue weighted by molar-refractivity contribution is -0.870. The van der Waals surface area contributed by atoms with Gasteiger partial charge in [-0.2, -0.15) is 0 Å². The lowest BCUT2D eigenvalue weighted by atomic mass is 10.0. The van der Waals surface area contributed by atoms with Crippen molar-refractivity contribution >= 4 is 19.8 Å². The standard InChI is InChI=1S/C80H136NO8P/c1-6-8-10-12-14-16-18-20-22-24-26-28-30-32-33-34-35-36-37-38-39-40-41-42-43-44-45-46-47-49-51-53-55-57-59-61-63-65-67-69-71-73-80(83)89-78(77-88-90(84,85)87-75-74-81(3,4)5)76-86-79(82)72-70-68-66-64-62-60-58-56-54-52-50-48-31-29-27-25-23-21-19-17-15-13-11-9-7-2/h8-11,14-17,20-23,26-29,32-33,35-36,38-39,41-42,78H,6-7,12-13,18-19,24-25,30-31,34,37,40,43-77H2,1-5H3/p+1/b10-8-,11-9-,16-14-,17-15-,22-20-,23-21-,28-26-,29-27-,33-32-,36-35-,39-38-,42-41-. The molecule has 0 radical (unpaired) electrons. The Labute approximate surface area is 554 Å². The number of likely N-dealkylation sites (N-methyl/N-ethyl adjacent to an activating group) is 1. The highest BCUT2D eigenvalue weighted by Gasteiger charge is 2.27. The largest absolute Gasteiger partial charge is 0.472 e. The van der Waals surface area contributed by atoms with Gasteiger partial charge in [-0.05, 0) is 116 Å². The highest BCUT2D eigenvalue weighted by Crippen LogP contribution is 2.43. The van der Waals surface area contributed by atoms with E-state index in [4.69, 9.17) is 18.5 Å². The first-order valence-electron chi connectivity index (χ1n) is 36.6. The molecule has 0 saturated heterocycles. The minimum absolute atomic E-state index is 0.0267. The average Bonchev–Trinajstić information content (AvgIpc) is 3.62. The SMILES string of the molecule is CC/C=C\C/C=C\C/C=C\C/C=C\C/C=C\C/C=C\C/C=C\C/C=C\CCCCCCCCCCCCCCCCCCC(=O)OC(COC(=O)CCCCCCCCCCCCCC/C=C\C/C=C\C/C=C\C/C=C\CC)COP(=O)(O)OCC[N+](C)(C)C. The minimum Gasteiger partial charge on any atom is -0.462 e. The Bertz CT molecular complexity index is 2030. The van der Waals surface area contributed by atoms with E-state index < -0.39 is 26.5 Å². The number of carbonyl (C=O) groups is 2. The van der Waals surface area contributed by atoms with Gasteiger partial charge in [-0.1, -0.05) is 314 Å². The number of ether oxygens (including phenoxy) is 2. The molecule has 0 aromatic carbocycles. The van der Waals surface area contributed by atoms with Gasteiger partial charge in [0.05, 0.1) is 27.7 Å². The smallest absolute Gasteiger partial charge is 0.462 e. The molecule has 0 aliphatic carbocycles. The van der Waals surface area contributed by atoms with Crippen LogP contribution in [-0.2, 0) is 32.7 Å². The first kappa shape index (κ1) is 85.9. The lowest BCUT2D eigenvalue weighted by Gasteiger charge is -2.24. The fourth-order valence-electron chi connectivity index (χ4n) is 9.85. The van der Waals surface area contributed by atoms with Crippen molar-refractivity contribution < 1.29 is 42.1 Å². The number of esters is 2. The summed E-state index contributed by atoms with van der Waals surface area (Å²) in [5.74, 6) is -0.798. The molecule has 0 aliphatic heterocycles. The molecule has 0 spiro atoms.